The van der Waals surface area contributed by atoms with Crippen LogP contribution >= 0.6 is 0 Å². The highest BCUT2D eigenvalue weighted by Crippen LogP contribution is 2.55. The quantitative estimate of drug-likeness (QED) is 0.171. The standard InChI is InChI=1S/C47H41N3.C11H10.C7H8/c1-30-23-25-36-38(27-30)47(3,4)39-29-45(33-16-8-9-18-35(33)46(36)39)50(32-24-26-42-37(28-32)34-17-10-12-20-41(34)49(42)6)44-22-14-13-21-43(44)48(5)40-19-11-7-15-31(40)2;1-9-5-4-7-10-6-2-3-8-11(9)10;1-7-5-3-2-4-6-7/h7-29H,1-6H3;2-8H,1H3;2-6H,1H3. The zero-order chi connectivity index (χ0) is 47.1. The van der Waals surface area contributed by atoms with Crippen LogP contribution in [0.5, 0.6) is 0 Å². The first-order valence-electron chi connectivity index (χ1n) is 23.8. The van der Waals surface area contributed by atoms with E-state index in [9.17, 15) is 0 Å². The molecule has 0 saturated carbocycles. The highest BCUT2D eigenvalue weighted by Gasteiger charge is 2.38. The van der Waals surface area contributed by atoms with E-state index in [1.807, 2.05) is 18.2 Å². The van der Waals surface area contributed by atoms with Crippen LogP contribution in [0.1, 0.15) is 47.2 Å². The number of rotatable bonds is 5. The minimum Gasteiger partial charge on any atom is -0.344 e. The molecule has 334 valence electrons. The van der Waals surface area contributed by atoms with Crippen LogP contribution in [-0.4, -0.2) is 11.6 Å². The fourth-order valence-corrected chi connectivity index (χ4v) is 10.5. The molecule has 0 fully saturated rings. The van der Waals surface area contributed by atoms with Gasteiger partial charge in [-0.1, -0.05) is 189 Å². The topological polar surface area (TPSA) is 11.4 Å². The zero-order valence-electron chi connectivity index (χ0n) is 40.5. The first-order chi connectivity index (χ1) is 33.0. The van der Waals surface area contributed by atoms with Crippen LogP contribution in [0.25, 0.3) is 54.5 Å². The molecule has 12 rings (SSSR count). The summed E-state index contributed by atoms with van der Waals surface area (Å²) in [6, 6.07) is 76.8. The van der Waals surface area contributed by atoms with Gasteiger partial charge < -0.3 is 14.4 Å². The van der Waals surface area contributed by atoms with Crippen LogP contribution in [0.15, 0.2) is 212 Å². The predicted molar refractivity (Wildman–Crippen MR) is 294 cm³/mol. The smallest absolute Gasteiger partial charge is 0.0699 e. The molecule has 3 nitrogen and oxygen atoms in total. The Kier molecular flexibility index (Phi) is 11.7. The van der Waals surface area contributed by atoms with E-state index in [1.54, 1.807) is 0 Å². The van der Waals surface area contributed by atoms with Gasteiger partial charge in [0.1, 0.15) is 0 Å². The molecule has 0 unspecified atom stereocenters. The van der Waals surface area contributed by atoms with E-state index in [0.29, 0.717) is 0 Å². The van der Waals surface area contributed by atoms with Crippen molar-refractivity contribution in [2.24, 2.45) is 7.05 Å². The average molecular weight is 882 g/mol. The molecule has 68 heavy (non-hydrogen) atoms. The SMILES string of the molecule is Cc1ccc2c(c1)C(C)(C)c1cc(N(c3ccc4c(c3)c3ccccc3n4C)c3ccccc3N(C)c3ccccc3C)c3ccccc3c1-2.Cc1cccc2ccccc12.Cc1ccccc1. The van der Waals surface area contributed by atoms with Gasteiger partial charge in [-0.05, 0) is 126 Å². The number of fused-ring (bicyclic) bond motifs is 9. The van der Waals surface area contributed by atoms with Gasteiger partial charge in [0.25, 0.3) is 0 Å². The van der Waals surface area contributed by atoms with Gasteiger partial charge in [0.15, 0.2) is 0 Å². The van der Waals surface area contributed by atoms with Gasteiger partial charge in [0, 0.05) is 58.1 Å². The van der Waals surface area contributed by atoms with Crippen molar-refractivity contribution >= 4 is 71.8 Å². The summed E-state index contributed by atoms with van der Waals surface area (Å²) in [4.78, 5) is 4.85. The Morgan fingerprint density at radius 3 is 1.71 bits per heavy atom. The summed E-state index contributed by atoms with van der Waals surface area (Å²) in [6.45, 7) is 13.4. The van der Waals surface area contributed by atoms with Gasteiger partial charge in [-0.25, -0.2) is 0 Å². The van der Waals surface area contributed by atoms with Crippen LogP contribution in [0, 0.1) is 27.7 Å². The van der Waals surface area contributed by atoms with Crippen molar-refractivity contribution in [2.75, 3.05) is 16.8 Å². The molecule has 0 radical (unpaired) electrons. The Morgan fingerprint density at radius 2 is 0.985 bits per heavy atom. The lowest BCUT2D eigenvalue weighted by Crippen LogP contribution is -2.19. The zero-order valence-corrected chi connectivity index (χ0v) is 40.5. The van der Waals surface area contributed by atoms with Crippen molar-refractivity contribution in [2.45, 2.75) is 47.0 Å². The number of nitrogens with zero attached hydrogens (tertiary/aromatic N) is 3. The highest BCUT2D eigenvalue weighted by molar-refractivity contribution is 6.13. The lowest BCUT2D eigenvalue weighted by molar-refractivity contribution is 0.660. The number of aromatic nitrogens is 1. The predicted octanol–water partition coefficient (Wildman–Crippen LogP) is 17.8. The molecule has 0 N–H and O–H groups in total. The van der Waals surface area contributed by atoms with Gasteiger partial charge >= 0.3 is 0 Å². The normalized spacial score (nSPS) is 12.2. The van der Waals surface area contributed by atoms with Gasteiger partial charge in [0.2, 0.25) is 0 Å². The third-order valence-electron chi connectivity index (χ3n) is 14.1. The van der Waals surface area contributed by atoms with E-state index in [0.717, 1.165) is 17.1 Å². The van der Waals surface area contributed by atoms with Crippen molar-refractivity contribution < 1.29 is 0 Å². The minimum absolute atomic E-state index is 0.155. The van der Waals surface area contributed by atoms with Crippen LogP contribution in [0.4, 0.5) is 28.4 Å². The number of hydrogen-bond acceptors (Lipinski definition) is 2. The van der Waals surface area contributed by atoms with Crippen LogP contribution < -0.4 is 9.80 Å². The number of para-hydroxylation sites is 4. The van der Waals surface area contributed by atoms with Gasteiger partial charge in [-0.2, -0.15) is 0 Å². The molecule has 1 aliphatic rings. The molecule has 0 aliphatic heterocycles. The summed E-state index contributed by atoms with van der Waals surface area (Å²) >= 11 is 0. The Labute approximate surface area is 402 Å². The maximum atomic E-state index is 2.51. The van der Waals surface area contributed by atoms with Crippen LogP contribution in [0.3, 0.4) is 0 Å². The minimum atomic E-state index is -0.155. The highest BCUT2D eigenvalue weighted by atomic mass is 15.2. The van der Waals surface area contributed by atoms with Crippen molar-refractivity contribution in [3.8, 4) is 11.1 Å². The molecule has 0 atom stereocenters. The van der Waals surface area contributed by atoms with Gasteiger partial charge in [0.05, 0.1) is 17.1 Å². The number of benzene rings is 10. The maximum Gasteiger partial charge on any atom is 0.0699 e. The van der Waals surface area contributed by atoms with E-state index in [1.165, 1.54) is 99.2 Å². The third-order valence-corrected chi connectivity index (χ3v) is 14.1. The Hall–Kier alpha value is -7.88. The monoisotopic (exact) mass is 881 g/mol. The molecule has 11 aromatic rings. The van der Waals surface area contributed by atoms with Crippen molar-refractivity contribution in [3.05, 3.63) is 246 Å². The first-order valence-corrected chi connectivity index (χ1v) is 23.8. The first kappa shape index (κ1) is 44.0. The second kappa shape index (κ2) is 18.1. The van der Waals surface area contributed by atoms with Gasteiger partial charge in [-0.15, -0.1) is 0 Å². The fourth-order valence-electron chi connectivity index (χ4n) is 10.5. The summed E-state index contributed by atoms with van der Waals surface area (Å²) in [7, 11) is 4.36. The van der Waals surface area contributed by atoms with Gasteiger partial charge in [-0.3, -0.25) is 0 Å². The van der Waals surface area contributed by atoms with E-state index in [2.05, 4.69) is 264 Å². The molecule has 0 saturated heterocycles. The summed E-state index contributed by atoms with van der Waals surface area (Å²) in [5, 5.41) is 7.73. The molecule has 1 aliphatic carbocycles. The summed E-state index contributed by atoms with van der Waals surface area (Å²) in [5.74, 6) is 0. The molecule has 0 bridgehead atoms. The molecule has 0 spiro atoms. The Morgan fingerprint density at radius 1 is 0.397 bits per heavy atom. The second-order valence-corrected chi connectivity index (χ2v) is 18.9. The second-order valence-electron chi connectivity index (χ2n) is 18.9. The maximum absolute atomic E-state index is 2.51. The lowest BCUT2D eigenvalue weighted by atomic mass is 9.81. The van der Waals surface area contributed by atoms with Crippen LogP contribution in [-0.2, 0) is 12.5 Å². The number of anilines is 5. The summed E-state index contributed by atoms with van der Waals surface area (Å²) in [6.07, 6.45) is 0. The third kappa shape index (κ3) is 7.88. The Balaban J connectivity index is 0.000000248. The summed E-state index contributed by atoms with van der Waals surface area (Å²) in [5.41, 5.74) is 18.8. The van der Waals surface area contributed by atoms with Crippen molar-refractivity contribution in [1.82, 2.24) is 4.57 Å². The lowest BCUT2D eigenvalue weighted by Gasteiger charge is -2.33. The molecule has 10 aromatic carbocycles. The average Bonchev–Trinajstić information content (AvgIpc) is 3.77. The van der Waals surface area contributed by atoms with Crippen molar-refractivity contribution in [3.63, 3.8) is 0 Å². The molecular formula is C65H59N3. The van der Waals surface area contributed by atoms with Crippen LogP contribution in [0.2, 0.25) is 0 Å². The van der Waals surface area contributed by atoms with E-state index in [-0.39, 0.29) is 5.41 Å². The molecule has 1 heterocycles. The van der Waals surface area contributed by atoms with E-state index < -0.39 is 0 Å². The number of hydrogen-bond donors (Lipinski definition) is 0. The number of aryl methyl sites for hydroxylation is 5. The molecular weight excluding hydrogens is 823 g/mol. The molecule has 3 heteroatoms. The van der Waals surface area contributed by atoms with E-state index >= 15 is 0 Å². The molecule has 0 amide bonds. The van der Waals surface area contributed by atoms with E-state index in [4.69, 9.17) is 0 Å². The summed E-state index contributed by atoms with van der Waals surface area (Å²) < 4.78 is 2.31. The van der Waals surface area contributed by atoms with Crippen molar-refractivity contribution in [1.29, 1.82) is 0 Å². The Bertz CT molecular complexity index is 3630. The molecule has 1 aromatic heterocycles. The largest absolute Gasteiger partial charge is 0.344 e. The fraction of sp³-hybridized carbons (Fsp3) is 0.138.